The van der Waals surface area contributed by atoms with Crippen molar-refractivity contribution in [1.82, 2.24) is 4.98 Å². The number of aromatic nitrogens is 1. The number of carbonyl (C=O) groups is 1. The van der Waals surface area contributed by atoms with Gasteiger partial charge in [-0.3, -0.25) is 9.78 Å². The molecule has 0 spiro atoms. The number of nitrogens with zero attached hydrogens (tertiary/aromatic N) is 1. The molecular weight excluding hydrogens is 296 g/mol. The van der Waals surface area contributed by atoms with Crippen molar-refractivity contribution in [2.45, 2.75) is 6.42 Å². The maximum Gasteiger partial charge on any atom is 0.185 e. The molecule has 0 fully saturated rings. The molecule has 1 heterocycles. The van der Waals surface area contributed by atoms with E-state index in [0.29, 0.717) is 12.1 Å². The Morgan fingerprint density at radius 1 is 0.917 bits per heavy atom. The van der Waals surface area contributed by atoms with Crippen LogP contribution >= 0.6 is 0 Å². The summed E-state index contributed by atoms with van der Waals surface area (Å²) in [6, 6.07) is 23.1. The lowest BCUT2D eigenvalue weighted by molar-refractivity contribution is 0.0988. The van der Waals surface area contributed by atoms with Gasteiger partial charge in [0.2, 0.25) is 0 Å². The third-order valence-electron chi connectivity index (χ3n) is 3.67. The fourth-order valence-corrected chi connectivity index (χ4v) is 2.38. The van der Waals surface area contributed by atoms with E-state index in [1.165, 1.54) is 0 Å². The number of benzene rings is 2. The predicted octanol–water partition coefficient (Wildman–Crippen LogP) is 4.59. The molecule has 118 valence electrons. The predicted molar refractivity (Wildman–Crippen MR) is 97.8 cm³/mol. The average molecular weight is 314 g/mol. The minimum absolute atomic E-state index is 0.00869. The Balaban J connectivity index is 1.66. The van der Waals surface area contributed by atoms with Crippen LogP contribution in [0.3, 0.4) is 0 Å². The van der Waals surface area contributed by atoms with Crippen LogP contribution < -0.4 is 5.32 Å². The van der Waals surface area contributed by atoms with Crippen molar-refractivity contribution in [2.24, 2.45) is 0 Å². The second kappa shape index (κ2) is 7.38. The zero-order valence-corrected chi connectivity index (χ0v) is 13.3. The van der Waals surface area contributed by atoms with E-state index in [2.05, 4.69) is 16.9 Å². The Morgan fingerprint density at radius 2 is 1.58 bits per heavy atom. The summed E-state index contributed by atoms with van der Waals surface area (Å²) in [5.74, 6) is 0.00869. The molecule has 0 aliphatic carbocycles. The SMILES string of the molecule is C=C(Nc1ccccc1)c1ccc(C(=O)Cc2ccccc2)nc1. The molecule has 0 aliphatic rings. The van der Waals surface area contributed by atoms with Gasteiger partial charge in [-0.2, -0.15) is 0 Å². The molecule has 3 nitrogen and oxygen atoms in total. The molecule has 0 amide bonds. The summed E-state index contributed by atoms with van der Waals surface area (Å²) >= 11 is 0. The van der Waals surface area contributed by atoms with Crippen LogP contribution in [0.1, 0.15) is 21.6 Å². The van der Waals surface area contributed by atoms with E-state index < -0.39 is 0 Å². The van der Waals surface area contributed by atoms with Gasteiger partial charge in [-0.1, -0.05) is 55.1 Å². The number of anilines is 1. The minimum Gasteiger partial charge on any atom is -0.355 e. The van der Waals surface area contributed by atoms with Crippen molar-refractivity contribution in [1.29, 1.82) is 0 Å². The van der Waals surface area contributed by atoms with E-state index in [1.54, 1.807) is 12.3 Å². The monoisotopic (exact) mass is 314 g/mol. The Labute approximate surface area is 141 Å². The van der Waals surface area contributed by atoms with Crippen LogP contribution in [0.5, 0.6) is 0 Å². The van der Waals surface area contributed by atoms with Gasteiger partial charge in [0.1, 0.15) is 5.69 Å². The minimum atomic E-state index is 0.00869. The summed E-state index contributed by atoms with van der Waals surface area (Å²) in [5.41, 5.74) is 4.02. The van der Waals surface area contributed by atoms with Gasteiger partial charge in [0.25, 0.3) is 0 Å². The molecule has 3 heteroatoms. The molecule has 0 unspecified atom stereocenters. The summed E-state index contributed by atoms with van der Waals surface area (Å²) in [6.07, 6.45) is 2.03. The van der Waals surface area contributed by atoms with Gasteiger partial charge in [0.05, 0.1) is 0 Å². The maximum atomic E-state index is 12.3. The molecule has 0 bridgehead atoms. The van der Waals surface area contributed by atoms with Gasteiger partial charge in [-0.05, 0) is 29.8 Å². The number of para-hydroxylation sites is 1. The van der Waals surface area contributed by atoms with Crippen molar-refractivity contribution in [3.05, 3.63) is 102 Å². The zero-order chi connectivity index (χ0) is 16.8. The second-order valence-corrected chi connectivity index (χ2v) is 5.49. The van der Waals surface area contributed by atoms with E-state index >= 15 is 0 Å². The molecular formula is C21H18N2O. The van der Waals surface area contributed by atoms with E-state index in [9.17, 15) is 4.79 Å². The summed E-state index contributed by atoms with van der Waals surface area (Å²) in [7, 11) is 0. The third-order valence-corrected chi connectivity index (χ3v) is 3.67. The number of pyridine rings is 1. The summed E-state index contributed by atoms with van der Waals surface area (Å²) in [6.45, 7) is 4.03. The Hall–Kier alpha value is -3.20. The van der Waals surface area contributed by atoms with Crippen molar-refractivity contribution in [3.63, 3.8) is 0 Å². The molecule has 1 N–H and O–H groups in total. The van der Waals surface area contributed by atoms with Crippen LogP contribution in [0.4, 0.5) is 5.69 Å². The zero-order valence-electron chi connectivity index (χ0n) is 13.3. The molecule has 24 heavy (non-hydrogen) atoms. The van der Waals surface area contributed by atoms with Crippen LogP contribution in [0.15, 0.2) is 85.6 Å². The molecule has 0 aliphatic heterocycles. The van der Waals surface area contributed by atoms with E-state index in [-0.39, 0.29) is 5.78 Å². The quantitative estimate of drug-likeness (QED) is 0.677. The van der Waals surface area contributed by atoms with Gasteiger partial charge >= 0.3 is 0 Å². The number of hydrogen-bond acceptors (Lipinski definition) is 3. The highest BCUT2D eigenvalue weighted by Gasteiger charge is 2.09. The Bertz CT molecular complexity index is 752. The topological polar surface area (TPSA) is 42.0 Å². The molecule has 0 saturated carbocycles. The Morgan fingerprint density at radius 3 is 2.21 bits per heavy atom. The first-order valence-electron chi connectivity index (χ1n) is 7.77. The number of nitrogens with one attached hydrogen (secondary N) is 1. The number of hydrogen-bond donors (Lipinski definition) is 1. The van der Waals surface area contributed by atoms with Crippen molar-refractivity contribution >= 4 is 17.2 Å². The van der Waals surface area contributed by atoms with Gasteiger partial charge in [-0.25, -0.2) is 0 Å². The van der Waals surface area contributed by atoms with E-state index in [1.807, 2.05) is 66.7 Å². The number of rotatable bonds is 6. The highest BCUT2D eigenvalue weighted by molar-refractivity contribution is 5.96. The normalized spacial score (nSPS) is 10.2. The maximum absolute atomic E-state index is 12.3. The Kier molecular flexibility index (Phi) is 4.82. The number of Topliss-reactive ketones (excluding diaryl/α,β-unsaturated/α-hetero) is 1. The highest BCUT2D eigenvalue weighted by Crippen LogP contribution is 2.16. The lowest BCUT2D eigenvalue weighted by atomic mass is 10.1. The van der Waals surface area contributed by atoms with Crippen molar-refractivity contribution in [2.75, 3.05) is 5.32 Å². The number of carbonyl (C=O) groups excluding carboxylic acids is 1. The first-order chi connectivity index (χ1) is 11.7. The fraction of sp³-hybridized carbons (Fsp3) is 0.0476. The van der Waals surface area contributed by atoms with Gasteiger partial charge in [-0.15, -0.1) is 0 Å². The molecule has 1 aromatic heterocycles. The van der Waals surface area contributed by atoms with E-state index in [0.717, 1.165) is 22.5 Å². The first kappa shape index (κ1) is 15.7. The van der Waals surface area contributed by atoms with Crippen molar-refractivity contribution < 1.29 is 4.79 Å². The number of ketones is 1. The largest absolute Gasteiger partial charge is 0.355 e. The summed E-state index contributed by atoms with van der Waals surface area (Å²) in [4.78, 5) is 16.6. The summed E-state index contributed by atoms with van der Waals surface area (Å²) in [5, 5.41) is 3.23. The molecule has 0 atom stereocenters. The van der Waals surface area contributed by atoms with Crippen LogP contribution in [-0.4, -0.2) is 10.8 Å². The van der Waals surface area contributed by atoms with Gasteiger partial charge in [0.15, 0.2) is 5.78 Å². The lowest BCUT2D eigenvalue weighted by Crippen LogP contribution is -2.06. The molecule has 3 rings (SSSR count). The fourth-order valence-electron chi connectivity index (χ4n) is 2.38. The standard InChI is InChI=1S/C21H18N2O/c1-16(23-19-10-6-3-7-11-19)18-12-13-20(22-15-18)21(24)14-17-8-4-2-5-9-17/h2-13,15,23H,1,14H2. The molecule has 0 radical (unpaired) electrons. The molecule has 3 aromatic rings. The van der Waals surface area contributed by atoms with Crippen LogP contribution in [-0.2, 0) is 6.42 Å². The van der Waals surface area contributed by atoms with Crippen LogP contribution in [0, 0.1) is 0 Å². The first-order valence-corrected chi connectivity index (χ1v) is 7.77. The van der Waals surface area contributed by atoms with Crippen LogP contribution in [0.25, 0.3) is 5.70 Å². The smallest absolute Gasteiger partial charge is 0.185 e. The van der Waals surface area contributed by atoms with E-state index in [4.69, 9.17) is 0 Å². The average Bonchev–Trinajstić information content (AvgIpc) is 2.63. The molecule has 2 aromatic carbocycles. The second-order valence-electron chi connectivity index (χ2n) is 5.49. The highest BCUT2D eigenvalue weighted by atomic mass is 16.1. The van der Waals surface area contributed by atoms with Gasteiger partial charge in [0, 0.05) is 29.6 Å². The van der Waals surface area contributed by atoms with Crippen LogP contribution in [0.2, 0.25) is 0 Å². The van der Waals surface area contributed by atoms with Crippen molar-refractivity contribution in [3.8, 4) is 0 Å². The molecule has 0 saturated heterocycles. The lowest BCUT2D eigenvalue weighted by Gasteiger charge is -2.10. The third kappa shape index (κ3) is 3.96. The summed E-state index contributed by atoms with van der Waals surface area (Å²) < 4.78 is 0. The van der Waals surface area contributed by atoms with Gasteiger partial charge < -0.3 is 5.32 Å².